The number of nitrogens with one attached hydrogen (secondary N) is 1. The van der Waals surface area contributed by atoms with Crippen LogP contribution in [-0.4, -0.2) is 50.5 Å². The van der Waals surface area contributed by atoms with Crippen LogP contribution in [0.4, 0.5) is 5.69 Å². The van der Waals surface area contributed by atoms with Gasteiger partial charge in [0.05, 0.1) is 21.2 Å². The third-order valence-electron chi connectivity index (χ3n) is 7.05. The Bertz CT molecular complexity index is 1370. The number of sulfone groups is 1. The van der Waals surface area contributed by atoms with Gasteiger partial charge in [-0.1, -0.05) is 27.7 Å². The Morgan fingerprint density at radius 3 is 2.29 bits per heavy atom. The number of benzene rings is 2. The lowest BCUT2D eigenvalue weighted by Crippen LogP contribution is -2.37. The van der Waals surface area contributed by atoms with Gasteiger partial charge in [-0.3, -0.25) is 4.79 Å². The van der Waals surface area contributed by atoms with Gasteiger partial charge in [0.25, 0.3) is 5.91 Å². The predicted molar refractivity (Wildman–Crippen MR) is 134 cm³/mol. The van der Waals surface area contributed by atoms with Gasteiger partial charge < -0.3 is 10.4 Å². The standard InChI is InChI=1S/C25H32N2O6S2/c1-5-34(30,31)20-10-11-22(28)21(12-20)26-23(29)17-6-8-19(9-7-17)35(32,33)27-16-25(4)14-18(27)13-24(2,3)15-25/h6-12,18,28H,5,13-16H2,1-4H3,(H,26,29)/t18-,25-/m0/s1. The molecule has 2 atom stereocenters. The van der Waals surface area contributed by atoms with Gasteiger partial charge in [0, 0.05) is 18.2 Å². The van der Waals surface area contributed by atoms with Crippen LogP contribution in [0.25, 0.3) is 0 Å². The van der Waals surface area contributed by atoms with Crippen LogP contribution in [0.5, 0.6) is 5.75 Å². The van der Waals surface area contributed by atoms with Crippen molar-refractivity contribution < 1.29 is 26.7 Å². The Labute approximate surface area is 207 Å². The number of hydrogen-bond donors (Lipinski definition) is 2. The van der Waals surface area contributed by atoms with Crippen molar-refractivity contribution in [3.63, 3.8) is 0 Å². The molecule has 8 nitrogen and oxygen atoms in total. The number of aromatic hydroxyl groups is 1. The molecule has 2 bridgehead atoms. The molecule has 190 valence electrons. The number of rotatable bonds is 6. The number of anilines is 1. The van der Waals surface area contributed by atoms with Crippen LogP contribution >= 0.6 is 0 Å². The minimum Gasteiger partial charge on any atom is -0.506 e. The molecule has 1 amide bonds. The highest BCUT2D eigenvalue weighted by atomic mass is 32.2. The zero-order chi connectivity index (χ0) is 25.8. The maximum atomic E-state index is 13.4. The Hall–Kier alpha value is -2.43. The van der Waals surface area contributed by atoms with Crippen LogP contribution in [0.15, 0.2) is 52.3 Å². The lowest BCUT2D eigenvalue weighted by molar-refractivity contribution is 0.102. The molecule has 0 aromatic heterocycles. The van der Waals surface area contributed by atoms with E-state index in [9.17, 15) is 26.7 Å². The van der Waals surface area contributed by atoms with E-state index >= 15 is 0 Å². The van der Waals surface area contributed by atoms with Gasteiger partial charge >= 0.3 is 0 Å². The van der Waals surface area contributed by atoms with Crippen molar-refractivity contribution in [1.29, 1.82) is 0 Å². The molecule has 1 saturated heterocycles. The number of fused-ring (bicyclic) bond motifs is 2. The van der Waals surface area contributed by atoms with E-state index in [2.05, 4.69) is 26.1 Å². The number of carbonyl (C=O) groups excluding carboxylic acids is 1. The first-order valence-corrected chi connectivity index (χ1v) is 14.7. The second kappa shape index (κ2) is 8.60. The summed E-state index contributed by atoms with van der Waals surface area (Å²) >= 11 is 0. The lowest BCUT2D eigenvalue weighted by Gasteiger charge is -2.39. The molecule has 35 heavy (non-hydrogen) atoms. The summed E-state index contributed by atoms with van der Waals surface area (Å²) in [5, 5.41) is 12.6. The molecule has 2 aliphatic rings. The van der Waals surface area contributed by atoms with Crippen molar-refractivity contribution in [2.24, 2.45) is 10.8 Å². The topological polar surface area (TPSA) is 121 Å². The molecule has 1 aliphatic carbocycles. The Morgan fingerprint density at radius 2 is 1.66 bits per heavy atom. The fourth-order valence-corrected chi connectivity index (χ4v) is 8.45. The number of amides is 1. The van der Waals surface area contributed by atoms with E-state index in [0.29, 0.717) is 6.54 Å². The van der Waals surface area contributed by atoms with Crippen molar-refractivity contribution >= 4 is 31.5 Å². The zero-order valence-corrected chi connectivity index (χ0v) is 22.0. The van der Waals surface area contributed by atoms with Crippen molar-refractivity contribution in [3.8, 4) is 5.75 Å². The average molecular weight is 521 g/mol. The normalized spacial score (nSPS) is 24.3. The summed E-state index contributed by atoms with van der Waals surface area (Å²) < 4.78 is 52.8. The van der Waals surface area contributed by atoms with Gasteiger partial charge in [0.1, 0.15) is 5.75 Å². The SMILES string of the molecule is CCS(=O)(=O)c1ccc(O)c(NC(=O)c2ccc(S(=O)(=O)N3C[C@@]4(C)C[C@@H]3CC(C)(C)C4)cc2)c1. The van der Waals surface area contributed by atoms with Gasteiger partial charge in [0.15, 0.2) is 9.84 Å². The number of hydrogen-bond acceptors (Lipinski definition) is 6. The molecule has 1 aliphatic heterocycles. The summed E-state index contributed by atoms with van der Waals surface area (Å²) in [5.41, 5.74) is 0.186. The first kappa shape index (κ1) is 25.7. The monoisotopic (exact) mass is 520 g/mol. The second-order valence-corrected chi connectivity index (χ2v) is 15.0. The van der Waals surface area contributed by atoms with E-state index in [1.54, 1.807) is 4.31 Å². The summed E-state index contributed by atoms with van der Waals surface area (Å²) in [6, 6.07) is 9.32. The Balaban J connectivity index is 1.54. The Morgan fingerprint density at radius 1 is 1.03 bits per heavy atom. The molecule has 0 radical (unpaired) electrons. The molecule has 0 spiro atoms. The van der Waals surface area contributed by atoms with Crippen molar-refractivity contribution in [2.45, 2.75) is 62.8 Å². The third kappa shape index (κ3) is 4.96. The van der Waals surface area contributed by atoms with Crippen LogP contribution in [0.2, 0.25) is 0 Å². The minimum atomic E-state index is -3.72. The Kier molecular flexibility index (Phi) is 6.30. The highest BCUT2D eigenvalue weighted by molar-refractivity contribution is 7.91. The summed E-state index contributed by atoms with van der Waals surface area (Å²) in [5.74, 6) is -0.985. The third-order valence-corrected chi connectivity index (χ3v) is 10.7. The highest BCUT2D eigenvalue weighted by Gasteiger charge is 2.53. The largest absolute Gasteiger partial charge is 0.506 e. The molecular formula is C25H32N2O6S2. The summed E-state index contributed by atoms with van der Waals surface area (Å²) in [4.78, 5) is 12.9. The first-order chi connectivity index (χ1) is 16.2. The van der Waals surface area contributed by atoms with Gasteiger partial charge in [0.2, 0.25) is 10.0 Å². The molecule has 1 heterocycles. The van der Waals surface area contributed by atoms with E-state index < -0.39 is 25.8 Å². The molecule has 4 rings (SSSR count). The van der Waals surface area contributed by atoms with E-state index in [4.69, 9.17) is 0 Å². The lowest BCUT2D eigenvalue weighted by atomic mass is 9.65. The summed E-state index contributed by atoms with van der Waals surface area (Å²) in [7, 11) is -7.24. The van der Waals surface area contributed by atoms with E-state index in [-0.39, 0.29) is 49.4 Å². The molecule has 2 fully saturated rings. The van der Waals surface area contributed by atoms with Crippen LogP contribution in [0.3, 0.4) is 0 Å². The minimum absolute atomic E-state index is 0.0118. The number of carbonyl (C=O) groups is 1. The van der Waals surface area contributed by atoms with E-state index in [0.717, 1.165) is 19.3 Å². The van der Waals surface area contributed by atoms with E-state index in [1.165, 1.54) is 49.4 Å². The number of sulfonamides is 1. The maximum absolute atomic E-state index is 13.4. The number of phenols is 1. The van der Waals surface area contributed by atoms with E-state index in [1.807, 2.05) is 0 Å². The predicted octanol–water partition coefficient (Wildman–Crippen LogP) is 4.03. The first-order valence-electron chi connectivity index (χ1n) is 11.6. The van der Waals surface area contributed by atoms with Gasteiger partial charge in [-0.15, -0.1) is 0 Å². The zero-order valence-electron chi connectivity index (χ0n) is 20.4. The maximum Gasteiger partial charge on any atom is 0.255 e. The van der Waals surface area contributed by atoms with Crippen LogP contribution in [0, 0.1) is 10.8 Å². The molecule has 2 aromatic carbocycles. The molecule has 2 aromatic rings. The van der Waals surface area contributed by atoms with Crippen LogP contribution in [0.1, 0.15) is 57.3 Å². The molecule has 2 N–H and O–H groups in total. The summed E-state index contributed by atoms with van der Waals surface area (Å²) in [6.45, 7) is 8.52. The van der Waals surface area contributed by atoms with Gasteiger partial charge in [-0.25, -0.2) is 16.8 Å². The van der Waals surface area contributed by atoms with Crippen LogP contribution < -0.4 is 5.32 Å². The molecule has 0 unspecified atom stereocenters. The number of phenolic OH excluding ortho intramolecular Hbond substituents is 1. The molecular weight excluding hydrogens is 488 g/mol. The van der Waals surface area contributed by atoms with Gasteiger partial charge in [-0.05, 0) is 72.6 Å². The second-order valence-electron chi connectivity index (χ2n) is 10.8. The van der Waals surface area contributed by atoms with Crippen molar-refractivity contribution in [2.75, 3.05) is 17.6 Å². The van der Waals surface area contributed by atoms with Crippen molar-refractivity contribution in [3.05, 3.63) is 48.0 Å². The average Bonchev–Trinajstić information content (AvgIpc) is 3.04. The highest BCUT2D eigenvalue weighted by Crippen LogP contribution is 2.53. The van der Waals surface area contributed by atoms with Gasteiger partial charge in [-0.2, -0.15) is 4.31 Å². The molecule has 10 heteroatoms. The van der Waals surface area contributed by atoms with Crippen molar-refractivity contribution in [1.82, 2.24) is 4.31 Å². The number of nitrogens with zero attached hydrogens (tertiary/aromatic N) is 1. The van der Waals surface area contributed by atoms with Crippen LogP contribution in [-0.2, 0) is 19.9 Å². The smallest absolute Gasteiger partial charge is 0.255 e. The fraction of sp³-hybridized carbons (Fsp3) is 0.480. The fourth-order valence-electron chi connectivity index (χ4n) is 5.77. The summed E-state index contributed by atoms with van der Waals surface area (Å²) in [6.07, 6.45) is 2.65. The molecule has 1 saturated carbocycles. The quantitative estimate of drug-likeness (QED) is 0.555.